The molecule has 0 aliphatic carbocycles. The molecule has 0 bridgehead atoms. The molecule has 2 aromatic heterocycles. The number of aromatic hydroxyl groups is 1. The maximum atomic E-state index is 13.1. The Labute approximate surface area is 194 Å². The van der Waals surface area contributed by atoms with Crippen LogP contribution in [0.4, 0.5) is 23.2 Å². The van der Waals surface area contributed by atoms with Gasteiger partial charge in [0.1, 0.15) is 11.6 Å². The Balaban J connectivity index is 1.57. The Morgan fingerprint density at radius 2 is 1.74 bits per heavy atom. The van der Waals surface area contributed by atoms with Crippen molar-refractivity contribution in [3.63, 3.8) is 0 Å². The highest BCUT2D eigenvalue weighted by molar-refractivity contribution is 6.04. The van der Waals surface area contributed by atoms with Gasteiger partial charge in [0, 0.05) is 11.8 Å². The van der Waals surface area contributed by atoms with Crippen molar-refractivity contribution in [2.75, 3.05) is 5.32 Å². The maximum absolute atomic E-state index is 13.1. The van der Waals surface area contributed by atoms with Crippen molar-refractivity contribution in [3.05, 3.63) is 101 Å². The van der Waals surface area contributed by atoms with Crippen molar-refractivity contribution in [2.24, 2.45) is 0 Å². The molecule has 4 aromatic rings. The van der Waals surface area contributed by atoms with Crippen LogP contribution in [-0.4, -0.2) is 31.5 Å². The summed E-state index contributed by atoms with van der Waals surface area (Å²) >= 11 is 0. The molecule has 2 aromatic carbocycles. The van der Waals surface area contributed by atoms with E-state index < -0.39 is 35.4 Å². The van der Waals surface area contributed by atoms with Gasteiger partial charge in [-0.25, -0.2) is 13.8 Å². The predicted octanol–water partition coefficient (Wildman–Crippen LogP) is 4.08. The number of rotatable bonds is 6. The molecule has 0 aliphatic heterocycles. The molecular formula is C23H16F4N4O4. The molecule has 0 saturated carbocycles. The highest BCUT2D eigenvalue weighted by Gasteiger charge is 2.31. The van der Waals surface area contributed by atoms with Crippen LogP contribution in [0.3, 0.4) is 0 Å². The monoisotopic (exact) mass is 488 g/mol. The van der Waals surface area contributed by atoms with Crippen molar-refractivity contribution >= 4 is 11.6 Å². The number of imidazole rings is 1. The number of halogens is 4. The van der Waals surface area contributed by atoms with E-state index in [9.17, 15) is 32.3 Å². The fourth-order valence-electron chi connectivity index (χ4n) is 3.28. The first kappa shape index (κ1) is 23.5. The molecule has 0 spiro atoms. The highest BCUT2D eigenvalue weighted by atomic mass is 19.4. The maximum Gasteiger partial charge on any atom is 0.573 e. The quantitative estimate of drug-likeness (QED) is 0.399. The number of nitrogens with zero attached hydrogens (tertiary/aromatic N) is 3. The predicted molar refractivity (Wildman–Crippen MR) is 116 cm³/mol. The van der Waals surface area contributed by atoms with Crippen LogP contribution in [0.1, 0.15) is 15.9 Å². The van der Waals surface area contributed by atoms with Crippen LogP contribution in [0, 0.1) is 5.82 Å². The van der Waals surface area contributed by atoms with Gasteiger partial charge < -0.3 is 15.2 Å². The molecule has 4 rings (SSSR count). The number of pyridine rings is 1. The average Bonchev–Trinajstić information content (AvgIpc) is 3.08. The van der Waals surface area contributed by atoms with Crippen molar-refractivity contribution < 1.29 is 32.2 Å². The Morgan fingerprint density at radius 1 is 1.06 bits per heavy atom. The summed E-state index contributed by atoms with van der Waals surface area (Å²) < 4.78 is 56.1. The molecule has 0 radical (unpaired) electrons. The van der Waals surface area contributed by atoms with E-state index in [0.29, 0.717) is 5.56 Å². The van der Waals surface area contributed by atoms with Gasteiger partial charge in [-0.2, -0.15) is 0 Å². The number of alkyl halides is 3. The summed E-state index contributed by atoms with van der Waals surface area (Å²) in [5.41, 5.74) is 0.401. The van der Waals surface area contributed by atoms with Gasteiger partial charge in [0.25, 0.3) is 5.91 Å². The number of anilines is 1. The fraction of sp³-hybridized carbons (Fsp3) is 0.0870. The third-order valence-corrected chi connectivity index (χ3v) is 4.87. The molecule has 2 heterocycles. The van der Waals surface area contributed by atoms with E-state index in [1.54, 1.807) is 6.07 Å². The molecule has 1 amide bonds. The number of aromatic nitrogens is 3. The standard InChI is InChI=1S/C23H16F4N4O4/c24-16-3-1-14(2-4-16)21(33)29-19-11-28-10-9-15(19)12-30-13-20(32)31(22(30)34)17-5-7-18(8-6-17)35-23(25,26)27/h1-11,13,32H,12H2,(H,29,33). The molecule has 0 aliphatic rings. The molecule has 0 unspecified atom stereocenters. The summed E-state index contributed by atoms with van der Waals surface area (Å²) in [7, 11) is 0. The van der Waals surface area contributed by atoms with E-state index in [1.165, 1.54) is 36.7 Å². The second kappa shape index (κ2) is 9.33. The third-order valence-electron chi connectivity index (χ3n) is 4.87. The van der Waals surface area contributed by atoms with Crippen LogP contribution >= 0.6 is 0 Å². The summed E-state index contributed by atoms with van der Waals surface area (Å²) in [5, 5.41) is 13.0. The lowest BCUT2D eigenvalue weighted by Crippen LogP contribution is -2.24. The van der Waals surface area contributed by atoms with E-state index in [4.69, 9.17) is 0 Å². The zero-order valence-electron chi connectivity index (χ0n) is 17.7. The summed E-state index contributed by atoms with van der Waals surface area (Å²) in [6.07, 6.45) is -0.894. The van der Waals surface area contributed by atoms with E-state index in [-0.39, 0.29) is 23.5 Å². The summed E-state index contributed by atoms with van der Waals surface area (Å²) in [6.45, 7) is -0.0732. The molecule has 35 heavy (non-hydrogen) atoms. The van der Waals surface area contributed by atoms with E-state index in [1.807, 2.05) is 0 Å². The number of nitrogens with one attached hydrogen (secondary N) is 1. The van der Waals surface area contributed by atoms with Gasteiger partial charge in [-0.15, -0.1) is 13.2 Å². The van der Waals surface area contributed by atoms with Crippen molar-refractivity contribution in [1.29, 1.82) is 0 Å². The molecular weight excluding hydrogens is 472 g/mol. The second-order valence-corrected chi connectivity index (χ2v) is 7.27. The highest BCUT2D eigenvalue weighted by Crippen LogP contribution is 2.25. The minimum Gasteiger partial charge on any atom is -0.493 e. The van der Waals surface area contributed by atoms with Gasteiger partial charge in [0.15, 0.2) is 0 Å². The number of ether oxygens (including phenoxy) is 1. The van der Waals surface area contributed by atoms with Gasteiger partial charge in [0.2, 0.25) is 5.88 Å². The van der Waals surface area contributed by atoms with Crippen LogP contribution in [-0.2, 0) is 6.54 Å². The number of hydrogen-bond donors (Lipinski definition) is 2. The summed E-state index contributed by atoms with van der Waals surface area (Å²) in [6, 6.07) is 10.9. The van der Waals surface area contributed by atoms with Crippen LogP contribution in [0.5, 0.6) is 11.6 Å². The molecule has 12 heteroatoms. The Kier molecular flexibility index (Phi) is 6.28. The van der Waals surface area contributed by atoms with E-state index in [0.717, 1.165) is 39.6 Å². The van der Waals surface area contributed by atoms with Crippen LogP contribution in [0.25, 0.3) is 5.69 Å². The lowest BCUT2D eigenvalue weighted by Gasteiger charge is -2.11. The molecule has 2 N–H and O–H groups in total. The van der Waals surface area contributed by atoms with Crippen molar-refractivity contribution in [3.8, 4) is 17.3 Å². The SMILES string of the molecule is O=C(Nc1cnccc1Cn1cc(O)n(-c2ccc(OC(F)(F)F)cc2)c1=O)c1ccc(F)cc1. The molecule has 0 saturated heterocycles. The largest absolute Gasteiger partial charge is 0.573 e. The lowest BCUT2D eigenvalue weighted by atomic mass is 10.2. The van der Waals surface area contributed by atoms with Crippen molar-refractivity contribution in [2.45, 2.75) is 12.9 Å². The molecule has 180 valence electrons. The van der Waals surface area contributed by atoms with Gasteiger partial charge in [-0.05, 0) is 60.2 Å². The van der Waals surface area contributed by atoms with E-state index in [2.05, 4.69) is 15.0 Å². The third kappa shape index (κ3) is 5.49. The second-order valence-electron chi connectivity index (χ2n) is 7.27. The first-order valence-electron chi connectivity index (χ1n) is 9.98. The normalized spacial score (nSPS) is 11.3. The zero-order valence-corrected chi connectivity index (χ0v) is 17.7. The Hall–Kier alpha value is -4.61. The number of benzene rings is 2. The number of carbonyl (C=O) groups is 1. The summed E-state index contributed by atoms with van der Waals surface area (Å²) in [5.74, 6) is -1.94. The van der Waals surface area contributed by atoms with Gasteiger partial charge in [0.05, 0.1) is 30.3 Å². The molecule has 0 fully saturated rings. The van der Waals surface area contributed by atoms with Gasteiger partial charge >= 0.3 is 12.1 Å². The minimum atomic E-state index is -4.86. The molecule has 8 nitrogen and oxygen atoms in total. The average molecular weight is 488 g/mol. The number of hydrogen-bond acceptors (Lipinski definition) is 5. The first-order valence-corrected chi connectivity index (χ1v) is 9.98. The van der Waals surface area contributed by atoms with Crippen LogP contribution < -0.4 is 15.7 Å². The lowest BCUT2D eigenvalue weighted by molar-refractivity contribution is -0.274. The number of amides is 1. The minimum absolute atomic E-state index is 0.0732. The topological polar surface area (TPSA) is 98.4 Å². The van der Waals surface area contributed by atoms with Crippen LogP contribution in [0.2, 0.25) is 0 Å². The fourth-order valence-corrected chi connectivity index (χ4v) is 3.28. The first-order chi connectivity index (χ1) is 16.6. The molecule has 0 atom stereocenters. The van der Waals surface area contributed by atoms with E-state index >= 15 is 0 Å². The van der Waals surface area contributed by atoms with Crippen molar-refractivity contribution in [1.82, 2.24) is 14.1 Å². The Bertz CT molecular complexity index is 1410. The van der Waals surface area contributed by atoms with Crippen LogP contribution in [0.15, 0.2) is 78.0 Å². The zero-order chi connectivity index (χ0) is 25.2. The van der Waals surface area contributed by atoms with Gasteiger partial charge in [-0.3, -0.25) is 14.3 Å². The smallest absolute Gasteiger partial charge is 0.493 e. The van der Waals surface area contributed by atoms with Gasteiger partial charge in [-0.1, -0.05) is 0 Å². The summed E-state index contributed by atoms with van der Waals surface area (Å²) in [4.78, 5) is 29.4. The Morgan fingerprint density at radius 3 is 2.40 bits per heavy atom. The number of carbonyl (C=O) groups excluding carboxylic acids is 1.